The maximum Gasteiger partial charge on any atom is 0.125 e. The van der Waals surface area contributed by atoms with E-state index in [1.165, 1.54) is 0 Å². The number of hydrogen-bond acceptors (Lipinski definition) is 3. The van der Waals surface area contributed by atoms with Crippen LogP contribution in [0, 0.1) is 5.92 Å². The summed E-state index contributed by atoms with van der Waals surface area (Å²) in [4.78, 5) is 10.5. The van der Waals surface area contributed by atoms with E-state index in [9.17, 15) is 4.79 Å². The molecule has 0 aromatic rings. The van der Waals surface area contributed by atoms with E-state index in [0.717, 1.165) is 19.1 Å². The molecule has 3 nitrogen and oxygen atoms in total. The molecule has 0 heterocycles. The molecular formula is C9H19NO2. The first-order chi connectivity index (χ1) is 5.67. The van der Waals surface area contributed by atoms with Gasteiger partial charge in [-0.25, -0.2) is 0 Å². The molecular weight excluding hydrogens is 154 g/mol. The molecule has 0 radical (unpaired) electrons. The maximum atomic E-state index is 10.5. The fourth-order valence-electron chi connectivity index (χ4n) is 1.35. The minimum Gasteiger partial charge on any atom is -0.379 e. The second-order valence-electron chi connectivity index (χ2n) is 3.15. The second-order valence-corrected chi connectivity index (χ2v) is 3.15. The highest BCUT2D eigenvalue weighted by atomic mass is 16.5. The van der Waals surface area contributed by atoms with Crippen molar-refractivity contribution in [3.05, 3.63) is 0 Å². The topological polar surface area (TPSA) is 52.3 Å². The first-order valence-electron chi connectivity index (χ1n) is 4.41. The van der Waals surface area contributed by atoms with Gasteiger partial charge in [0.05, 0.1) is 6.10 Å². The largest absolute Gasteiger partial charge is 0.379 e. The third-order valence-corrected chi connectivity index (χ3v) is 2.05. The first kappa shape index (κ1) is 11.6. The van der Waals surface area contributed by atoms with Crippen LogP contribution in [0.2, 0.25) is 0 Å². The van der Waals surface area contributed by atoms with Crippen LogP contribution in [0.3, 0.4) is 0 Å². The van der Waals surface area contributed by atoms with Crippen LogP contribution in [-0.2, 0) is 9.53 Å². The van der Waals surface area contributed by atoms with E-state index in [1.54, 1.807) is 7.11 Å². The number of aldehydes is 1. The number of rotatable bonds is 6. The number of hydrogen-bond donors (Lipinski definition) is 1. The number of methoxy groups -OCH3 is 1. The Morgan fingerprint density at radius 3 is 2.50 bits per heavy atom. The lowest BCUT2D eigenvalue weighted by molar-refractivity contribution is -0.115. The molecule has 0 aliphatic heterocycles. The van der Waals surface area contributed by atoms with Gasteiger partial charge in [-0.15, -0.1) is 0 Å². The minimum atomic E-state index is -0.137. The predicted octanol–water partition coefficient (Wildman–Crippen LogP) is 0.964. The van der Waals surface area contributed by atoms with Crippen molar-refractivity contribution < 1.29 is 9.53 Å². The van der Waals surface area contributed by atoms with E-state index in [0.29, 0.717) is 0 Å². The van der Waals surface area contributed by atoms with Gasteiger partial charge in [-0.2, -0.15) is 0 Å². The lowest BCUT2D eigenvalue weighted by Gasteiger charge is -2.24. The Morgan fingerprint density at radius 2 is 2.17 bits per heavy atom. The molecule has 0 aromatic heterocycles. The molecule has 0 saturated heterocycles. The molecule has 0 aliphatic carbocycles. The fourth-order valence-corrected chi connectivity index (χ4v) is 1.35. The highest BCUT2D eigenvalue weighted by molar-refractivity contribution is 5.54. The molecule has 3 atom stereocenters. The van der Waals surface area contributed by atoms with Gasteiger partial charge in [-0.05, 0) is 6.42 Å². The van der Waals surface area contributed by atoms with Crippen molar-refractivity contribution in [1.29, 1.82) is 0 Å². The van der Waals surface area contributed by atoms with Gasteiger partial charge in [-0.3, -0.25) is 0 Å². The van der Waals surface area contributed by atoms with Crippen LogP contribution in [0.4, 0.5) is 0 Å². The van der Waals surface area contributed by atoms with Crippen LogP contribution in [0.15, 0.2) is 0 Å². The number of carbonyl (C=O) groups excluding carboxylic acids is 1. The summed E-state index contributed by atoms with van der Waals surface area (Å²) < 4.78 is 5.16. The van der Waals surface area contributed by atoms with Crippen LogP contribution in [0.1, 0.15) is 26.7 Å². The lowest BCUT2D eigenvalue weighted by Crippen LogP contribution is -2.40. The molecule has 72 valence electrons. The zero-order valence-corrected chi connectivity index (χ0v) is 8.12. The smallest absolute Gasteiger partial charge is 0.125 e. The summed E-state index contributed by atoms with van der Waals surface area (Å²) in [6.45, 7) is 3.90. The lowest BCUT2D eigenvalue weighted by atomic mass is 9.96. The van der Waals surface area contributed by atoms with E-state index in [2.05, 4.69) is 6.92 Å². The van der Waals surface area contributed by atoms with Crippen LogP contribution in [0.5, 0.6) is 0 Å². The SMILES string of the molecule is CCCC(N)C(OC)C(C)C=O. The normalized spacial score (nSPS) is 18.3. The van der Waals surface area contributed by atoms with Crippen molar-refractivity contribution in [2.45, 2.75) is 38.8 Å². The van der Waals surface area contributed by atoms with Gasteiger partial charge >= 0.3 is 0 Å². The van der Waals surface area contributed by atoms with E-state index < -0.39 is 0 Å². The van der Waals surface area contributed by atoms with Crippen molar-refractivity contribution in [1.82, 2.24) is 0 Å². The molecule has 0 spiro atoms. The van der Waals surface area contributed by atoms with Gasteiger partial charge in [0, 0.05) is 19.1 Å². The molecule has 3 heteroatoms. The molecule has 0 fully saturated rings. The summed E-state index contributed by atoms with van der Waals surface area (Å²) in [7, 11) is 1.60. The van der Waals surface area contributed by atoms with Gasteiger partial charge in [0.1, 0.15) is 6.29 Å². The van der Waals surface area contributed by atoms with E-state index in [-0.39, 0.29) is 18.1 Å². The Hall–Kier alpha value is -0.410. The molecule has 0 bridgehead atoms. The number of ether oxygens (including phenoxy) is 1. The summed E-state index contributed by atoms with van der Waals surface area (Å²) in [6, 6.07) is -0.0276. The Labute approximate surface area is 74.3 Å². The molecule has 0 saturated carbocycles. The molecule has 0 aromatic carbocycles. The zero-order chi connectivity index (χ0) is 9.56. The summed E-state index contributed by atoms with van der Waals surface area (Å²) in [5.41, 5.74) is 5.83. The maximum absolute atomic E-state index is 10.5. The van der Waals surface area contributed by atoms with Gasteiger partial charge in [0.15, 0.2) is 0 Å². The van der Waals surface area contributed by atoms with Crippen molar-refractivity contribution in [2.24, 2.45) is 11.7 Å². The summed E-state index contributed by atoms with van der Waals surface area (Å²) in [6.07, 6.45) is 2.68. The third kappa shape index (κ3) is 3.32. The van der Waals surface area contributed by atoms with Crippen LogP contribution < -0.4 is 5.73 Å². The Morgan fingerprint density at radius 1 is 1.58 bits per heavy atom. The highest BCUT2D eigenvalue weighted by Crippen LogP contribution is 2.11. The van der Waals surface area contributed by atoms with Crippen LogP contribution in [0.25, 0.3) is 0 Å². The molecule has 2 N–H and O–H groups in total. The fraction of sp³-hybridized carbons (Fsp3) is 0.889. The van der Waals surface area contributed by atoms with E-state index in [1.807, 2.05) is 6.92 Å². The summed E-state index contributed by atoms with van der Waals surface area (Å²) in [5, 5.41) is 0. The third-order valence-electron chi connectivity index (χ3n) is 2.05. The van der Waals surface area contributed by atoms with Gasteiger partial charge in [0.2, 0.25) is 0 Å². The standard InChI is InChI=1S/C9H19NO2/c1-4-5-8(10)9(12-3)7(2)6-11/h6-9H,4-5,10H2,1-3H3. The quantitative estimate of drug-likeness (QED) is 0.609. The average molecular weight is 173 g/mol. The minimum absolute atomic E-state index is 0.0276. The monoisotopic (exact) mass is 173 g/mol. The molecule has 0 rings (SSSR count). The number of nitrogens with two attached hydrogens (primary N) is 1. The van der Waals surface area contributed by atoms with Gasteiger partial charge < -0.3 is 15.3 Å². The van der Waals surface area contributed by atoms with Gasteiger partial charge in [0.25, 0.3) is 0 Å². The zero-order valence-electron chi connectivity index (χ0n) is 8.12. The molecule has 3 unspecified atom stereocenters. The second kappa shape index (κ2) is 6.14. The van der Waals surface area contributed by atoms with Gasteiger partial charge in [-0.1, -0.05) is 20.3 Å². The number of carbonyl (C=O) groups is 1. The van der Waals surface area contributed by atoms with Crippen molar-refractivity contribution >= 4 is 6.29 Å². The molecule has 0 amide bonds. The Kier molecular flexibility index (Phi) is 5.93. The molecule has 0 aliphatic rings. The molecule has 12 heavy (non-hydrogen) atoms. The predicted molar refractivity (Wildman–Crippen MR) is 48.9 cm³/mol. The first-order valence-corrected chi connectivity index (χ1v) is 4.41. The summed E-state index contributed by atoms with van der Waals surface area (Å²) >= 11 is 0. The summed E-state index contributed by atoms with van der Waals surface area (Å²) in [5.74, 6) is -0.114. The van der Waals surface area contributed by atoms with E-state index >= 15 is 0 Å². The van der Waals surface area contributed by atoms with Crippen LogP contribution in [-0.4, -0.2) is 25.5 Å². The van der Waals surface area contributed by atoms with Crippen LogP contribution >= 0.6 is 0 Å². The van der Waals surface area contributed by atoms with Crippen molar-refractivity contribution in [3.63, 3.8) is 0 Å². The Balaban J connectivity index is 4.02. The van der Waals surface area contributed by atoms with E-state index in [4.69, 9.17) is 10.5 Å². The average Bonchev–Trinajstić information content (AvgIpc) is 2.06. The van der Waals surface area contributed by atoms with Crippen molar-refractivity contribution in [2.75, 3.05) is 7.11 Å². The highest BCUT2D eigenvalue weighted by Gasteiger charge is 2.22. The Bertz CT molecular complexity index is 128. The van der Waals surface area contributed by atoms with Crippen molar-refractivity contribution in [3.8, 4) is 0 Å².